The molecule has 2 rings (SSSR count). The number of aromatic nitrogens is 1. The Kier molecular flexibility index (Phi) is 8.38. The fourth-order valence-electron chi connectivity index (χ4n) is 2.95. The number of aliphatic carboxylic acids is 1. The minimum absolute atomic E-state index is 0.220. The maximum absolute atomic E-state index is 12.1. The van der Waals surface area contributed by atoms with E-state index in [0.717, 1.165) is 47.9 Å². The first kappa shape index (κ1) is 20.7. The van der Waals surface area contributed by atoms with E-state index in [-0.39, 0.29) is 12.3 Å². The van der Waals surface area contributed by atoms with Crippen LogP contribution in [0.2, 0.25) is 0 Å². The molecule has 0 saturated carbocycles. The topological polar surface area (TPSA) is 82.2 Å². The number of nitrogens with one attached hydrogen (secondary N) is 2. The van der Waals surface area contributed by atoms with E-state index in [0.29, 0.717) is 11.7 Å². The number of carbonyl (C=O) groups is 2. The molecule has 0 spiro atoms. The molecule has 0 radical (unpaired) electrons. The van der Waals surface area contributed by atoms with Crippen molar-refractivity contribution in [2.24, 2.45) is 0 Å². The number of carboxylic acids is 1. The molecule has 0 fully saturated rings. The number of hydrogen-bond donors (Lipinski definition) is 5. The number of thiol groups is 2. The van der Waals surface area contributed by atoms with Crippen LogP contribution >= 0.6 is 25.3 Å². The van der Waals surface area contributed by atoms with E-state index in [4.69, 9.17) is 0 Å². The van der Waals surface area contributed by atoms with Gasteiger partial charge in [0, 0.05) is 35.2 Å². The van der Waals surface area contributed by atoms with Gasteiger partial charge >= 0.3 is 5.97 Å². The second-order valence-electron chi connectivity index (χ2n) is 6.43. The number of para-hydroxylation sites is 1. The number of H-pyrrole nitrogens is 1. The maximum atomic E-state index is 12.1. The molecule has 0 aliphatic heterocycles. The lowest BCUT2D eigenvalue weighted by molar-refractivity contribution is -0.141. The number of hydrogen-bond acceptors (Lipinski definition) is 4. The monoisotopic (exact) mass is 394 g/mol. The lowest BCUT2D eigenvalue weighted by atomic mass is 10.0. The average molecular weight is 395 g/mol. The summed E-state index contributed by atoms with van der Waals surface area (Å²) in [5.74, 6) is -0.432. The summed E-state index contributed by atoms with van der Waals surface area (Å²) in [6.07, 6.45) is 5.91. The van der Waals surface area contributed by atoms with Crippen LogP contribution in [0.3, 0.4) is 0 Å². The van der Waals surface area contributed by atoms with Gasteiger partial charge in [-0.25, -0.2) is 4.79 Å². The second-order valence-corrected chi connectivity index (χ2v) is 7.61. The highest BCUT2D eigenvalue weighted by Gasteiger charge is 2.21. The number of benzene rings is 1. The summed E-state index contributed by atoms with van der Waals surface area (Å²) in [5.41, 5.74) is 1.85. The Hall–Kier alpha value is -1.60. The lowest BCUT2D eigenvalue weighted by Gasteiger charge is -2.14. The zero-order chi connectivity index (χ0) is 18.9. The molecular weight excluding hydrogens is 368 g/mol. The molecule has 142 valence electrons. The average Bonchev–Trinajstić information content (AvgIpc) is 3.01. The molecular formula is C19H26N2O3S2. The molecule has 26 heavy (non-hydrogen) atoms. The van der Waals surface area contributed by atoms with Crippen molar-refractivity contribution < 1.29 is 14.7 Å². The van der Waals surface area contributed by atoms with Crippen LogP contribution in [0.4, 0.5) is 0 Å². The van der Waals surface area contributed by atoms with Crippen LogP contribution in [0.25, 0.3) is 10.9 Å². The van der Waals surface area contributed by atoms with Crippen LogP contribution in [0, 0.1) is 0 Å². The van der Waals surface area contributed by atoms with Crippen molar-refractivity contribution in [2.75, 3.05) is 5.75 Å². The third-order valence-corrected chi connectivity index (χ3v) is 5.16. The number of carbonyl (C=O) groups excluding carboxylic acids is 1. The molecule has 1 unspecified atom stereocenters. The first-order chi connectivity index (χ1) is 12.5. The fraction of sp³-hybridized carbons (Fsp3) is 0.474. The maximum Gasteiger partial charge on any atom is 0.326 e. The third-order valence-electron chi connectivity index (χ3n) is 4.39. The minimum atomic E-state index is -1.02. The van der Waals surface area contributed by atoms with Crippen LogP contribution in [0.1, 0.15) is 37.7 Å². The van der Waals surface area contributed by atoms with Gasteiger partial charge in [0.05, 0.1) is 0 Å². The van der Waals surface area contributed by atoms with E-state index in [1.165, 1.54) is 0 Å². The van der Waals surface area contributed by atoms with Crippen molar-refractivity contribution in [3.63, 3.8) is 0 Å². The lowest BCUT2D eigenvalue weighted by Crippen LogP contribution is -2.42. The van der Waals surface area contributed by atoms with E-state index < -0.39 is 12.0 Å². The zero-order valence-electron chi connectivity index (χ0n) is 14.6. The quantitative estimate of drug-likeness (QED) is 0.299. The molecule has 1 heterocycles. The predicted molar refractivity (Wildman–Crippen MR) is 111 cm³/mol. The Bertz CT molecular complexity index is 732. The van der Waals surface area contributed by atoms with Crippen LogP contribution < -0.4 is 5.32 Å². The summed E-state index contributed by atoms with van der Waals surface area (Å²) in [7, 11) is 0. The SMILES string of the molecule is O=C(CCCCC(S)CCS)N[C@@H](Cc1c[nH]c2ccccc12)C(=O)O. The van der Waals surface area contributed by atoms with Crippen molar-refractivity contribution in [1.82, 2.24) is 10.3 Å². The summed E-state index contributed by atoms with van der Waals surface area (Å²) in [5, 5.41) is 13.4. The van der Waals surface area contributed by atoms with Gasteiger partial charge in [0.2, 0.25) is 5.91 Å². The number of carboxylic acid groups (broad SMARTS) is 1. The normalized spacial score (nSPS) is 13.5. The number of aromatic amines is 1. The fourth-order valence-corrected chi connectivity index (χ4v) is 3.77. The van der Waals surface area contributed by atoms with Crippen LogP contribution in [0.5, 0.6) is 0 Å². The summed E-state index contributed by atoms with van der Waals surface area (Å²) < 4.78 is 0. The molecule has 0 bridgehead atoms. The Balaban J connectivity index is 1.84. The second kappa shape index (κ2) is 10.5. The van der Waals surface area contributed by atoms with E-state index in [1.54, 1.807) is 6.20 Å². The summed E-state index contributed by atoms with van der Waals surface area (Å²) in [4.78, 5) is 26.8. The molecule has 3 N–H and O–H groups in total. The molecule has 0 aliphatic carbocycles. The molecule has 1 aromatic heterocycles. The Morgan fingerprint density at radius 3 is 2.69 bits per heavy atom. The largest absolute Gasteiger partial charge is 0.480 e. The minimum Gasteiger partial charge on any atom is -0.480 e. The van der Waals surface area contributed by atoms with Crippen molar-refractivity contribution in [3.8, 4) is 0 Å². The van der Waals surface area contributed by atoms with Crippen molar-refractivity contribution >= 4 is 48.0 Å². The summed E-state index contributed by atoms with van der Waals surface area (Å²) in [6, 6.07) is 6.79. The third kappa shape index (κ3) is 6.29. The highest BCUT2D eigenvalue weighted by atomic mass is 32.1. The first-order valence-corrected chi connectivity index (χ1v) is 10.0. The van der Waals surface area contributed by atoms with Crippen LogP contribution in [-0.4, -0.2) is 39.0 Å². The first-order valence-electron chi connectivity index (χ1n) is 8.87. The van der Waals surface area contributed by atoms with E-state index >= 15 is 0 Å². The van der Waals surface area contributed by atoms with Crippen molar-refractivity contribution in [3.05, 3.63) is 36.0 Å². The van der Waals surface area contributed by atoms with Crippen LogP contribution in [0.15, 0.2) is 30.5 Å². The summed E-state index contributed by atoms with van der Waals surface area (Å²) >= 11 is 8.65. The van der Waals surface area contributed by atoms with Gasteiger partial charge in [0.1, 0.15) is 6.04 Å². The summed E-state index contributed by atoms with van der Waals surface area (Å²) in [6.45, 7) is 0. The van der Waals surface area contributed by atoms with Gasteiger partial charge in [0.25, 0.3) is 0 Å². The van der Waals surface area contributed by atoms with Crippen molar-refractivity contribution in [1.29, 1.82) is 0 Å². The molecule has 0 aliphatic rings. The van der Waals surface area contributed by atoms with Gasteiger partial charge in [-0.15, -0.1) is 0 Å². The smallest absolute Gasteiger partial charge is 0.326 e. The zero-order valence-corrected chi connectivity index (χ0v) is 16.4. The van der Waals surface area contributed by atoms with Gasteiger partial charge in [-0.05, 0) is 36.6 Å². The molecule has 0 saturated heterocycles. The molecule has 1 amide bonds. The van der Waals surface area contributed by atoms with Gasteiger partial charge in [-0.2, -0.15) is 25.3 Å². The number of rotatable bonds is 11. The predicted octanol–water partition coefficient (Wildman–Crippen LogP) is 3.46. The van der Waals surface area contributed by atoms with Crippen molar-refractivity contribution in [2.45, 2.75) is 49.8 Å². The number of amides is 1. The van der Waals surface area contributed by atoms with Gasteiger partial charge in [-0.1, -0.05) is 24.6 Å². The Labute approximate surface area is 164 Å². The van der Waals surface area contributed by atoms with Gasteiger partial charge in [-0.3, -0.25) is 4.79 Å². The van der Waals surface area contributed by atoms with Gasteiger partial charge in [0.15, 0.2) is 0 Å². The molecule has 2 atom stereocenters. The standard InChI is InChI=1S/C19H26N2O3S2/c22-18(8-4-1-5-14(26)9-10-25)21-17(19(23)24)11-13-12-20-16-7-3-2-6-15(13)16/h2-3,6-7,12,14,17,20,25-26H,1,4-5,8-11H2,(H,21,22)(H,23,24)/t14?,17-/m0/s1. The Morgan fingerprint density at radius 1 is 1.19 bits per heavy atom. The van der Waals surface area contributed by atoms with E-state index in [9.17, 15) is 14.7 Å². The molecule has 7 heteroatoms. The van der Waals surface area contributed by atoms with Gasteiger partial charge < -0.3 is 15.4 Å². The number of unbranched alkanes of at least 4 members (excludes halogenated alkanes) is 1. The van der Waals surface area contributed by atoms with Crippen LogP contribution in [-0.2, 0) is 16.0 Å². The molecule has 5 nitrogen and oxygen atoms in total. The Morgan fingerprint density at radius 2 is 1.96 bits per heavy atom. The van der Waals surface area contributed by atoms with E-state index in [2.05, 4.69) is 35.6 Å². The van der Waals surface area contributed by atoms with E-state index in [1.807, 2.05) is 24.3 Å². The number of fused-ring (bicyclic) bond motifs is 1. The molecule has 1 aromatic carbocycles. The highest BCUT2D eigenvalue weighted by Crippen LogP contribution is 2.19. The highest BCUT2D eigenvalue weighted by molar-refractivity contribution is 7.81. The molecule has 2 aromatic rings.